The van der Waals surface area contributed by atoms with Crippen molar-refractivity contribution >= 4 is 42.1 Å². The van der Waals surface area contributed by atoms with Crippen LogP contribution < -0.4 is 10.4 Å². The summed E-state index contributed by atoms with van der Waals surface area (Å²) in [5.41, 5.74) is -2.23. The van der Waals surface area contributed by atoms with Gasteiger partial charge in [-0.15, -0.1) is 0 Å². The summed E-state index contributed by atoms with van der Waals surface area (Å²) >= 11 is 6.77. The lowest BCUT2D eigenvalue weighted by molar-refractivity contribution is 0.00578. The summed E-state index contributed by atoms with van der Waals surface area (Å²) < 4.78 is 40.7. The molecule has 0 bridgehead atoms. The second-order valence-corrected chi connectivity index (χ2v) is 15.7. The summed E-state index contributed by atoms with van der Waals surface area (Å²) in [7, 11) is -0.996. The Morgan fingerprint density at radius 2 is 1.51 bits per heavy atom. The number of hydrogen-bond acceptors (Lipinski definition) is 6. The van der Waals surface area contributed by atoms with E-state index in [0.29, 0.717) is 36.1 Å². The van der Waals surface area contributed by atoms with Crippen molar-refractivity contribution in [2.45, 2.75) is 122 Å². The molecule has 0 radical (unpaired) electrons. The fourth-order valence-electron chi connectivity index (χ4n) is 6.61. The molecule has 0 spiro atoms. The van der Waals surface area contributed by atoms with E-state index < -0.39 is 59.1 Å². The van der Waals surface area contributed by atoms with E-state index >= 15 is 4.39 Å². The van der Waals surface area contributed by atoms with Gasteiger partial charge in [0.2, 0.25) is 0 Å². The van der Waals surface area contributed by atoms with Crippen LogP contribution in [0.25, 0.3) is 0 Å². The molecule has 0 saturated carbocycles. The number of likely N-dealkylation sites (tertiary alicyclic amines) is 1. The maximum Gasteiger partial charge on any atom is 0.496 e. The number of amides is 2. The Hall–Kier alpha value is -2.82. The first-order chi connectivity index (χ1) is 20.7. The van der Waals surface area contributed by atoms with Crippen molar-refractivity contribution in [3.63, 3.8) is 0 Å². The second kappa shape index (κ2) is 11.2. The Morgan fingerprint density at radius 3 is 2.07 bits per heavy atom. The normalized spacial score (nSPS) is 24.2. The molecule has 0 unspecified atom stereocenters. The predicted molar refractivity (Wildman–Crippen MR) is 174 cm³/mol. The molecule has 2 aromatic rings. The number of benzene rings is 2. The molecule has 0 aromatic heterocycles. The van der Waals surface area contributed by atoms with E-state index in [4.69, 9.17) is 30.4 Å². The molecule has 3 aliphatic heterocycles. The van der Waals surface area contributed by atoms with Crippen molar-refractivity contribution in [2.75, 3.05) is 11.4 Å². The van der Waals surface area contributed by atoms with Crippen LogP contribution in [0.2, 0.25) is 5.02 Å². The monoisotopic (exact) mass is 642 g/mol. The van der Waals surface area contributed by atoms with Crippen LogP contribution in [0.3, 0.4) is 0 Å². The molecular formula is C34H45BClFN2O6. The first-order valence-electron chi connectivity index (χ1n) is 15.6. The minimum absolute atomic E-state index is 0.129. The quantitative estimate of drug-likeness (QED) is 0.326. The molecule has 244 valence electrons. The van der Waals surface area contributed by atoms with Crippen molar-refractivity contribution < 1.29 is 32.8 Å². The lowest BCUT2D eigenvalue weighted by atomic mass is 9.71. The van der Waals surface area contributed by atoms with E-state index in [1.807, 2.05) is 78.8 Å². The zero-order chi connectivity index (χ0) is 33.3. The number of carbonyl (C=O) groups excluding carboxylic acids is 2. The first kappa shape index (κ1) is 33.5. The van der Waals surface area contributed by atoms with Crippen molar-refractivity contribution in [3.05, 3.63) is 58.4 Å². The molecule has 5 rings (SSSR count). The SMILES string of the molecule is CC(C)(C)OC(=O)N1CCC[C@H]1[C@@]1(c2ccccc2)Cc2c(cc(F)c(Cl)c2B2OC(C)(C)C(C)(C)O2)N1C(=O)OC(C)(C)C. The summed E-state index contributed by atoms with van der Waals surface area (Å²) in [5.74, 6) is -0.715. The van der Waals surface area contributed by atoms with Gasteiger partial charge in [0.15, 0.2) is 0 Å². The van der Waals surface area contributed by atoms with Crippen LogP contribution in [0.15, 0.2) is 36.4 Å². The minimum atomic E-state index is -1.20. The predicted octanol–water partition coefficient (Wildman–Crippen LogP) is 7.37. The largest absolute Gasteiger partial charge is 0.496 e. The highest BCUT2D eigenvalue weighted by molar-refractivity contribution is 6.66. The van der Waals surface area contributed by atoms with Crippen molar-refractivity contribution in [1.82, 2.24) is 4.90 Å². The maximum absolute atomic E-state index is 16.0. The van der Waals surface area contributed by atoms with Gasteiger partial charge in [-0.25, -0.2) is 14.0 Å². The van der Waals surface area contributed by atoms with Gasteiger partial charge in [-0.3, -0.25) is 4.90 Å². The number of anilines is 1. The molecule has 2 saturated heterocycles. The van der Waals surface area contributed by atoms with Crippen LogP contribution in [0, 0.1) is 5.82 Å². The number of carbonyl (C=O) groups is 2. The van der Waals surface area contributed by atoms with Gasteiger partial charge in [-0.1, -0.05) is 41.9 Å². The molecule has 45 heavy (non-hydrogen) atoms. The molecule has 3 aliphatic rings. The molecule has 2 aromatic carbocycles. The van der Waals surface area contributed by atoms with Crippen molar-refractivity contribution in [3.8, 4) is 0 Å². The van der Waals surface area contributed by atoms with Crippen LogP contribution in [0.5, 0.6) is 0 Å². The van der Waals surface area contributed by atoms with Crippen LogP contribution >= 0.6 is 11.6 Å². The third-order valence-corrected chi connectivity index (χ3v) is 9.59. The molecule has 2 fully saturated rings. The number of ether oxygens (including phenoxy) is 2. The highest BCUT2D eigenvalue weighted by Gasteiger charge is 2.61. The van der Waals surface area contributed by atoms with Crippen LogP contribution in [-0.4, -0.2) is 59.2 Å². The summed E-state index contributed by atoms with van der Waals surface area (Å²) in [6, 6.07) is 10.3. The summed E-state index contributed by atoms with van der Waals surface area (Å²) in [4.78, 5) is 31.5. The number of hydrogen-bond donors (Lipinski definition) is 0. The van der Waals surface area contributed by atoms with Crippen LogP contribution in [0.4, 0.5) is 19.7 Å². The molecular weight excluding hydrogens is 598 g/mol. The van der Waals surface area contributed by atoms with Crippen molar-refractivity contribution in [1.29, 1.82) is 0 Å². The second-order valence-electron chi connectivity index (χ2n) is 15.3. The summed E-state index contributed by atoms with van der Waals surface area (Å²) in [5, 5.41) is -0.129. The average molecular weight is 643 g/mol. The third-order valence-electron chi connectivity index (χ3n) is 9.20. The van der Waals surface area contributed by atoms with Gasteiger partial charge in [0, 0.05) is 18.4 Å². The topological polar surface area (TPSA) is 77.5 Å². The zero-order valence-electron chi connectivity index (χ0n) is 28.0. The number of halogens is 2. The van der Waals surface area contributed by atoms with Gasteiger partial charge < -0.3 is 23.7 Å². The highest BCUT2D eigenvalue weighted by Crippen LogP contribution is 2.52. The van der Waals surface area contributed by atoms with Gasteiger partial charge in [-0.05, 0) is 99.3 Å². The fourth-order valence-corrected chi connectivity index (χ4v) is 6.87. The molecule has 2 atom stereocenters. The van der Waals surface area contributed by atoms with E-state index in [9.17, 15) is 9.59 Å². The van der Waals surface area contributed by atoms with E-state index in [2.05, 4.69) is 0 Å². The van der Waals surface area contributed by atoms with Gasteiger partial charge >= 0.3 is 19.3 Å². The standard InChI is InChI=1S/C34H45BClFN2O6/c1-30(2,3)42-28(40)38-18-14-17-25(38)34(21-15-12-11-13-16-21)20-22-24(39(34)29(41)43-31(4,5)6)19-23(37)27(36)26(22)35-44-32(7,8)33(9,10)45-35/h11-13,15-16,19,25H,14,17-18,20H2,1-10H3/t25-,34-/m0/s1. The molecule has 0 N–H and O–H groups in total. The van der Waals surface area contributed by atoms with Gasteiger partial charge in [0.05, 0.1) is 28.0 Å². The average Bonchev–Trinajstić information content (AvgIpc) is 3.56. The Balaban J connectivity index is 1.78. The smallest absolute Gasteiger partial charge is 0.444 e. The number of rotatable bonds is 3. The van der Waals surface area contributed by atoms with Gasteiger partial charge in [0.25, 0.3) is 0 Å². The van der Waals surface area contributed by atoms with Crippen LogP contribution in [0.1, 0.15) is 93.2 Å². The highest BCUT2D eigenvalue weighted by atomic mass is 35.5. The van der Waals surface area contributed by atoms with Gasteiger partial charge in [-0.2, -0.15) is 0 Å². The molecule has 11 heteroatoms. The lowest BCUT2D eigenvalue weighted by Crippen LogP contribution is -2.61. The van der Waals surface area contributed by atoms with Crippen molar-refractivity contribution in [2.24, 2.45) is 0 Å². The Kier molecular flexibility index (Phi) is 8.32. The third kappa shape index (κ3) is 5.94. The Morgan fingerprint density at radius 1 is 0.956 bits per heavy atom. The van der Waals surface area contributed by atoms with E-state index in [1.165, 1.54) is 11.0 Å². The minimum Gasteiger partial charge on any atom is -0.444 e. The molecule has 2 amide bonds. The van der Waals surface area contributed by atoms with E-state index in [0.717, 1.165) is 5.56 Å². The maximum atomic E-state index is 16.0. The van der Waals surface area contributed by atoms with Gasteiger partial charge in [0.1, 0.15) is 22.6 Å². The lowest BCUT2D eigenvalue weighted by Gasteiger charge is -2.46. The summed E-state index contributed by atoms with van der Waals surface area (Å²) in [6.45, 7) is 18.9. The summed E-state index contributed by atoms with van der Waals surface area (Å²) in [6.07, 6.45) is 0.327. The molecule has 0 aliphatic carbocycles. The van der Waals surface area contributed by atoms with E-state index in [-0.39, 0.29) is 11.4 Å². The van der Waals surface area contributed by atoms with E-state index in [1.54, 1.807) is 25.7 Å². The fraction of sp³-hybridized carbons (Fsp3) is 0.588. The number of nitrogens with zero attached hydrogens (tertiary/aromatic N) is 2. The Bertz CT molecular complexity index is 1470. The first-order valence-corrected chi connectivity index (χ1v) is 16.0. The number of fused-ring (bicyclic) bond motifs is 1. The Labute approximate surface area is 271 Å². The molecule has 3 heterocycles. The molecule has 8 nitrogen and oxygen atoms in total. The van der Waals surface area contributed by atoms with Crippen LogP contribution in [-0.2, 0) is 30.7 Å². The zero-order valence-corrected chi connectivity index (χ0v) is 28.8.